The van der Waals surface area contributed by atoms with Gasteiger partial charge in [-0.15, -0.1) is 0 Å². The summed E-state index contributed by atoms with van der Waals surface area (Å²) in [6.45, 7) is 2.90. The Morgan fingerprint density at radius 3 is 2.44 bits per heavy atom. The van der Waals surface area contributed by atoms with Gasteiger partial charge in [0.2, 0.25) is 11.8 Å². The van der Waals surface area contributed by atoms with E-state index in [2.05, 4.69) is 34.4 Å². The number of phosphoric acid groups is 3. The highest BCUT2D eigenvalue weighted by Gasteiger charge is 2.50. The lowest BCUT2D eigenvalue weighted by molar-refractivity contribution is -0.137. The molecule has 1 fully saturated rings. The number of rotatable bonds is 20. The minimum Gasteiger partial charge on any atom is -0.386 e. The van der Waals surface area contributed by atoms with Crippen molar-refractivity contribution in [1.82, 2.24) is 30.2 Å². The number of carbonyl (C=O) groups is 2. The van der Waals surface area contributed by atoms with E-state index in [0.29, 0.717) is 6.54 Å². The average molecular weight is 796 g/mol. The highest BCUT2D eigenvalue weighted by Crippen LogP contribution is 2.61. The molecule has 284 valence electrons. The number of aromatic nitrogens is 4. The third-order valence-electron chi connectivity index (χ3n) is 6.85. The smallest absolute Gasteiger partial charge is 0.386 e. The number of nitrogen functional groups attached to an aromatic ring is 1. The summed E-state index contributed by atoms with van der Waals surface area (Å²) >= 11 is 1.64. The minimum absolute atomic E-state index is 0.0343. The van der Waals surface area contributed by atoms with E-state index in [0.717, 1.165) is 28.7 Å². The molecular formula is C23H40N7O16P3S. The van der Waals surface area contributed by atoms with Crippen molar-refractivity contribution in [2.45, 2.75) is 57.8 Å². The summed E-state index contributed by atoms with van der Waals surface area (Å²) in [7, 11) is -16.3. The van der Waals surface area contributed by atoms with E-state index in [4.69, 9.17) is 19.5 Å². The number of imidazole rings is 1. The van der Waals surface area contributed by atoms with Crippen LogP contribution in [0.15, 0.2) is 12.7 Å². The Bertz CT molecular complexity index is 1630. The van der Waals surface area contributed by atoms with Crippen molar-refractivity contribution in [1.29, 1.82) is 0 Å². The first-order valence-corrected chi connectivity index (χ1v) is 20.3. The van der Waals surface area contributed by atoms with Gasteiger partial charge in [-0.3, -0.25) is 27.7 Å². The highest BCUT2D eigenvalue weighted by atomic mass is 32.2. The number of nitrogens with one attached hydrogen (secondary N) is 2. The van der Waals surface area contributed by atoms with Crippen LogP contribution in [0.25, 0.3) is 11.2 Å². The molecule has 3 rings (SSSR count). The molecule has 10 N–H and O–H groups in total. The topological polar surface area (TPSA) is 347 Å². The second kappa shape index (κ2) is 17.6. The number of aliphatic hydroxyl groups excluding tert-OH is 2. The lowest BCUT2D eigenvalue weighted by Crippen LogP contribution is -2.46. The number of nitrogens with two attached hydrogens (primary N) is 1. The number of anilines is 1. The second-order valence-corrected chi connectivity index (χ2v) is 16.9. The maximum absolute atomic E-state index is 12.6. The Labute approximate surface area is 289 Å². The van der Waals surface area contributed by atoms with Crippen LogP contribution in [0.4, 0.5) is 5.82 Å². The van der Waals surface area contributed by atoms with Gasteiger partial charge in [0.05, 0.1) is 19.5 Å². The molecule has 27 heteroatoms. The molecule has 1 saturated heterocycles. The zero-order chi connectivity index (χ0) is 37.5. The summed E-state index contributed by atoms with van der Waals surface area (Å²) in [6, 6.07) is 0. The van der Waals surface area contributed by atoms with Crippen molar-refractivity contribution in [3.63, 3.8) is 0 Å². The highest BCUT2D eigenvalue weighted by molar-refractivity contribution is 7.99. The molecule has 7 atom stereocenters. The number of carbonyl (C=O) groups excluding carboxylic acids is 2. The Balaban J connectivity index is 1.57. The van der Waals surface area contributed by atoms with E-state index < -0.39 is 78.6 Å². The maximum atomic E-state index is 12.6. The van der Waals surface area contributed by atoms with Crippen molar-refractivity contribution in [3.8, 4) is 0 Å². The van der Waals surface area contributed by atoms with Crippen LogP contribution in [-0.4, -0.2) is 123 Å². The van der Waals surface area contributed by atoms with Crippen LogP contribution in [0, 0.1) is 5.41 Å². The van der Waals surface area contributed by atoms with E-state index in [1.54, 1.807) is 11.8 Å². The number of hydrogen-bond donors (Lipinski definition) is 9. The van der Waals surface area contributed by atoms with Crippen molar-refractivity contribution in [2.75, 3.05) is 43.5 Å². The largest absolute Gasteiger partial charge is 0.481 e. The summed E-state index contributed by atoms with van der Waals surface area (Å²) in [5, 5.41) is 26.4. The zero-order valence-electron chi connectivity index (χ0n) is 26.9. The third-order valence-corrected chi connectivity index (χ3v) is 10.9. The zero-order valence-corrected chi connectivity index (χ0v) is 30.4. The van der Waals surface area contributed by atoms with Crippen LogP contribution in [0.1, 0.15) is 33.4 Å². The predicted molar refractivity (Wildman–Crippen MR) is 173 cm³/mol. The van der Waals surface area contributed by atoms with E-state index in [-0.39, 0.29) is 35.9 Å². The predicted octanol–water partition coefficient (Wildman–Crippen LogP) is -0.842. The number of fused-ring (bicyclic) bond motifs is 1. The van der Waals surface area contributed by atoms with E-state index in [1.165, 1.54) is 13.8 Å². The number of nitrogens with zero attached hydrogens (tertiary/aromatic N) is 4. The summed E-state index contributed by atoms with van der Waals surface area (Å²) in [6.07, 6.45) is -6.69. The van der Waals surface area contributed by atoms with Crippen molar-refractivity contribution in [3.05, 3.63) is 12.7 Å². The number of ether oxygens (including phenoxy) is 1. The molecule has 0 saturated carbocycles. The van der Waals surface area contributed by atoms with Gasteiger partial charge in [-0.25, -0.2) is 28.6 Å². The lowest BCUT2D eigenvalue weighted by Gasteiger charge is -2.30. The number of aliphatic hydroxyl groups is 2. The fourth-order valence-electron chi connectivity index (χ4n) is 4.35. The summed E-state index contributed by atoms with van der Waals surface area (Å²) < 4.78 is 61.9. The molecule has 2 amide bonds. The Morgan fingerprint density at radius 1 is 1.10 bits per heavy atom. The van der Waals surface area contributed by atoms with Crippen LogP contribution in [0.2, 0.25) is 0 Å². The van der Waals surface area contributed by atoms with Gasteiger partial charge in [-0.1, -0.05) is 20.8 Å². The second-order valence-electron chi connectivity index (χ2n) is 11.3. The molecule has 1 aliphatic heterocycles. The number of amides is 2. The molecular weight excluding hydrogens is 755 g/mol. The van der Waals surface area contributed by atoms with Gasteiger partial charge in [0.1, 0.15) is 36.3 Å². The van der Waals surface area contributed by atoms with Gasteiger partial charge in [-0.2, -0.15) is 16.1 Å². The van der Waals surface area contributed by atoms with E-state index in [1.807, 2.05) is 6.92 Å². The van der Waals surface area contributed by atoms with Gasteiger partial charge in [0.15, 0.2) is 17.7 Å². The van der Waals surface area contributed by atoms with Crippen molar-refractivity contribution >= 4 is 64.0 Å². The van der Waals surface area contributed by atoms with Crippen LogP contribution >= 0.6 is 35.2 Å². The SMILES string of the molecule is CCSCCNC(=O)CCNC(=O)[C@H](O)C(C)(C)COP(=O)(O)OP(=O)(O)OC[C@H]1O[C@@H](n2cnc3c(N)ncnc32)[C@H](O)[C@@H]1OP(=O)(O)O. The van der Waals surface area contributed by atoms with Crippen LogP contribution in [0.3, 0.4) is 0 Å². The fourth-order valence-corrected chi connectivity index (χ4v) is 7.71. The maximum Gasteiger partial charge on any atom is 0.481 e. The molecule has 0 aliphatic carbocycles. The monoisotopic (exact) mass is 795 g/mol. The van der Waals surface area contributed by atoms with Gasteiger partial charge >= 0.3 is 23.5 Å². The number of thioether (sulfide) groups is 1. The van der Waals surface area contributed by atoms with Crippen LogP contribution < -0.4 is 16.4 Å². The van der Waals surface area contributed by atoms with Gasteiger partial charge < -0.3 is 50.9 Å². The molecule has 0 spiro atoms. The fraction of sp³-hybridized carbons (Fsp3) is 0.696. The first-order valence-electron chi connectivity index (χ1n) is 14.6. The summed E-state index contributed by atoms with van der Waals surface area (Å²) in [4.78, 5) is 75.1. The first kappa shape index (κ1) is 42.3. The number of phosphoric ester groups is 3. The van der Waals surface area contributed by atoms with Gasteiger partial charge in [0, 0.05) is 30.7 Å². The molecule has 23 nitrogen and oxygen atoms in total. The quantitative estimate of drug-likeness (QED) is 0.0582. The third kappa shape index (κ3) is 12.2. The molecule has 2 aromatic rings. The Morgan fingerprint density at radius 2 is 1.78 bits per heavy atom. The van der Waals surface area contributed by atoms with Crippen molar-refractivity contribution < 1.29 is 75.7 Å². The van der Waals surface area contributed by atoms with Crippen LogP contribution in [-0.2, 0) is 45.9 Å². The summed E-state index contributed by atoms with van der Waals surface area (Å²) in [5.41, 5.74) is 4.32. The number of hydrogen-bond acceptors (Lipinski definition) is 17. The first-order chi connectivity index (χ1) is 23.2. The molecule has 50 heavy (non-hydrogen) atoms. The van der Waals surface area contributed by atoms with Gasteiger partial charge in [-0.05, 0) is 5.75 Å². The van der Waals surface area contributed by atoms with Crippen molar-refractivity contribution in [2.24, 2.45) is 5.41 Å². The normalized spacial score (nSPS) is 22.9. The van der Waals surface area contributed by atoms with E-state index in [9.17, 15) is 53.1 Å². The molecule has 0 radical (unpaired) electrons. The average Bonchev–Trinajstić information content (AvgIpc) is 3.57. The van der Waals surface area contributed by atoms with E-state index >= 15 is 0 Å². The lowest BCUT2D eigenvalue weighted by atomic mass is 9.87. The minimum atomic E-state index is -5.54. The molecule has 2 unspecified atom stereocenters. The molecule has 1 aliphatic rings. The molecule has 2 aromatic heterocycles. The Kier molecular flexibility index (Phi) is 14.9. The molecule has 0 bridgehead atoms. The summed E-state index contributed by atoms with van der Waals surface area (Å²) in [5.74, 6) is 0.344. The Hall–Kier alpha value is -2.11. The standard InChI is InChI=1S/C23H40N7O16P3S/c1-4-50-8-7-25-14(31)5-6-26-21(34)18(33)23(2,3)10-43-49(40,41)46-48(38,39)42-9-13-17(45-47(35,36)37)16(32)22(44-13)30-12-29-15-19(24)27-11-28-20(15)30/h11-13,16-18,22,32-33H,4-10H2,1-3H3,(H,25,31)(H,26,34)(H,38,39)(H,40,41)(H2,24,27,28)(H2,35,36,37)/t13-,16-,17-,18+,22-/m1/s1. The molecule has 3 heterocycles. The van der Waals surface area contributed by atoms with Crippen LogP contribution in [0.5, 0.6) is 0 Å². The molecule has 0 aromatic carbocycles. The van der Waals surface area contributed by atoms with Gasteiger partial charge in [0.25, 0.3) is 0 Å².